The predicted octanol–water partition coefficient (Wildman–Crippen LogP) is -1.67. The van der Waals surface area contributed by atoms with E-state index in [2.05, 4.69) is 50.8 Å². The van der Waals surface area contributed by atoms with Crippen LogP contribution < -0.4 is 50.3 Å². The van der Waals surface area contributed by atoms with Crippen molar-refractivity contribution in [2.24, 2.45) is 0 Å². The van der Waals surface area contributed by atoms with E-state index in [1.807, 2.05) is 11.8 Å². The van der Waals surface area contributed by atoms with Crippen LogP contribution in [-0.2, 0) is 23.8 Å². The Balaban J connectivity index is 0.000000257. The number of aromatic nitrogens is 6. The molecule has 3 aromatic heterocycles. The Hall–Kier alpha value is -2.49. The van der Waals surface area contributed by atoms with Crippen molar-refractivity contribution < 1.29 is 49.2 Å². The molecule has 8 heterocycles. The molecule has 3 fully saturated rings. The SMILES string of the molecule is Cc1nc(Cl)nc(Cl)c1N.Cc1nc(Cl)nc2c1NC(=O)C1COCCN21.Cc1nc(Cl)nc2c1NCC1COCCN21.O=C(O)C1COCCN1.[AlH3].[H-].[Li+]. The van der Waals surface area contributed by atoms with Gasteiger partial charge in [-0.25, -0.2) is 19.9 Å². The minimum atomic E-state index is -0.838. The van der Waals surface area contributed by atoms with Crippen LogP contribution in [0.4, 0.5) is 28.7 Å². The van der Waals surface area contributed by atoms with E-state index in [4.69, 9.17) is 71.5 Å². The van der Waals surface area contributed by atoms with E-state index in [0.717, 1.165) is 43.5 Å². The number of aryl methyl sites for hydroxylation is 3. The minimum absolute atomic E-state index is 0. The van der Waals surface area contributed by atoms with Crippen LogP contribution in [0, 0.1) is 20.8 Å². The Morgan fingerprint density at radius 2 is 1.37 bits per heavy atom. The number of amides is 1. The zero-order valence-electron chi connectivity index (χ0n) is 30.5. The topological polar surface area (TPSA) is 228 Å². The second kappa shape index (κ2) is 21.2. The maximum atomic E-state index is 11.9. The average molecular weight is 842 g/mol. The molecule has 54 heavy (non-hydrogen) atoms. The number of fused-ring (bicyclic) bond motifs is 6. The van der Waals surface area contributed by atoms with Crippen molar-refractivity contribution in [3.05, 3.63) is 38.1 Å². The van der Waals surface area contributed by atoms with Gasteiger partial charge in [-0.1, -0.05) is 11.6 Å². The molecule has 18 nitrogen and oxygen atoms in total. The smallest absolute Gasteiger partial charge is 1.00 e. The van der Waals surface area contributed by atoms with Gasteiger partial charge in [-0.05, 0) is 55.6 Å². The van der Waals surface area contributed by atoms with Crippen molar-refractivity contribution >= 4 is 104 Å². The molecule has 0 bridgehead atoms. The Kier molecular flexibility index (Phi) is 18.0. The first-order valence-electron chi connectivity index (χ1n) is 16.1. The number of carbonyl (C=O) groups is 2. The summed E-state index contributed by atoms with van der Waals surface area (Å²) >= 11 is 22.8. The Labute approximate surface area is 355 Å². The molecule has 0 aromatic carbocycles. The van der Waals surface area contributed by atoms with E-state index >= 15 is 0 Å². The van der Waals surface area contributed by atoms with Gasteiger partial charge in [-0.15, -0.1) is 0 Å². The van der Waals surface area contributed by atoms with Crippen molar-refractivity contribution in [1.29, 1.82) is 0 Å². The van der Waals surface area contributed by atoms with Crippen molar-refractivity contribution in [3.8, 4) is 0 Å². The fourth-order valence-corrected chi connectivity index (χ4v) is 6.54. The van der Waals surface area contributed by atoms with E-state index in [1.54, 1.807) is 13.8 Å². The summed E-state index contributed by atoms with van der Waals surface area (Å²) in [5.74, 6) is 0.688. The van der Waals surface area contributed by atoms with Crippen LogP contribution in [0.15, 0.2) is 0 Å². The number of nitrogen functional groups attached to an aromatic ring is 1. The third-order valence-corrected chi connectivity index (χ3v) is 9.13. The molecule has 5 aliphatic heterocycles. The summed E-state index contributed by atoms with van der Waals surface area (Å²) in [7, 11) is 0. The summed E-state index contributed by atoms with van der Waals surface area (Å²) in [4.78, 5) is 50.4. The largest absolute Gasteiger partial charge is 1.00 e. The van der Waals surface area contributed by atoms with Crippen molar-refractivity contribution in [2.45, 2.75) is 38.9 Å². The quantitative estimate of drug-likeness (QED) is 0.105. The van der Waals surface area contributed by atoms with E-state index in [-0.39, 0.29) is 71.9 Å². The van der Waals surface area contributed by atoms with Gasteiger partial charge < -0.3 is 52.2 Å². The number of anilines is 5. The van der Waals surface area contributed by atoms with E-state index in [1.165, 1.54) is 0 Å². The second-order valence-electron chi connectivity index (χ2n) is 11.8. The number of carboxylic acid groups (broad SMARTS) is 1. The van der Waals surface area contributed by atoms with Crippen LogP contribution in [0.5, 0.6) is 0 Å². The number of carbonyl (C=O) groups excluding carboxylic acids is 1. The Bertz CT molecular complexity index is 1770. The number of hydrogen-bond donors (Lipinski definition) is 5. The van der Waals surface area contributed by atoms with Crippen molar-refractivity contribution in [3.63, 3.8) is 0 Å². The molecule has 5 aliphatic rings. The number of aliphatic carboxylic acids is 1. The summed E-state index contributed by atoms with van der Waals surface area (Å²) in [6.07, 6.45) is 0. The van der Waals surface area contributed by atoms with Crippen LogP contribution in [-0.4, -0.2) is 148 Å². The summed E-state index contributed by atoms with van der Waals surface area (Å²) in [6.45, 7) is 11.8. The number of morpholine rings is 3. The zero-order chi connectivity index (χ0) is 37.5. The molecule has 290 valence electrons. The summed E-state index contributed by atoms with van der Waals surface area (Å²) < 4.78 is 15.7. The van der Waals surface area contributed by atoms with Gasteiger partial charge >= 0.3 is 24.8 Å². The summed E-state index contributed by atoms with van der Waals surface area (Å²) in [5, 5.41) is 18.2. The summed E-state index contributed by atoms with van der Waals surface area (Å²) in [6, 6.07) is -0.466. The van der Waals surface area contributed by atoms with Crippen molar-refractivity contribution in [2.75, 3.05) is 92.0 Å². The number of carboxylic acids is 1. The molecule has 3 aromatic rings. The first kappa shape index (κ1) is 45.9. The van der Waals surface area contributed by atoms with E-state index < -0.39 is 12.0 Å². The van der Waals surface area contributed by atoms with Crippen LogP contribution in [0.1, 0.15) is 18.5 Å². The zero-order valence-corrected chi connectivity index (χ0v) is 32.5. The average Bonchev–Trinajstić information content (AvgIpc) is 3.12. The third kappa shape index (κ3) is 11.5. The molecule has 0 aliphatic carbocycles. The van der Waals surface area contributed by atoms with Gasteiger partial charge in [-0.3, -0.25) is 9.59 Å². The molecule has 1 amide bonds. The molecule has 0 radical (unpaired) electrons. The number of halogens is 4. The molecular weight excluding hydrogens is 800 g/mol. The predicted molar refractivity (Wildman–Crippen MR) is 207 cm³/mol. The normalized spacial score (nSPS) is 20.6. The van der Waals surface area contributed by atoms with Crippen LogP contribution in [0.2, 0.25) is 21.0 Å². The fourth-order valence-electron chi connectivity index (χ4n) is 5.66. The molecule has 0 saturated carbocycles. The minimum Gasteiger partial charge on any atom is -1.00 e. The first-order valence-corrected chi connectivity index (χ1v) is 17.7. The molecule has 0 spiro atoms. The molecule has 3 unspecified atom stereocenters. The van der Waals surface area contributed by atoms with E-state index in [0.29, 0.717) is 72.8 Å². The maximum absolute atomic E-state index is 11.9. The standard InChI is InChI=1S/C10H11ClN4O2.C10H13ClN4O.C5H5Cl2N3.C5H9NO3.Al.Li.4H/c1-5-7-8(14-10(11)12-5)15-2-3-17-4-6(15)9(16)13-7;1-6-8-9(14-10(11)13-6)15-2-3-16-5-7(15)4-12-8;1-2-3(8)4(6)10-5(7)9-2;7-5(8)4-3-9-2-1-6-4;;;;;;/h6H,2-4H2,1H3,(H,13,16);7,12H,2-5H2,1H3;8H2,1H3;4,6H,1-3H2,(H,7,8);;;;;;/q;;;;;+1;;;;-1. The second-order valence-corrected chi connectivity index (χ2v) is 13.2. The number of nitrogens with two attached hydrogens (primary N) is 1. The van der Waals surface area contributed by atoms with Crippen molar-refractivity contribution in [1.82, 2.24) is 35.2 Å². The number of nitrogens with one attached hydrogen (secondary N) is 3. The Morgan fingerprint density at radius 1 is 0.815 bits per heavy atom. The fraction of sp³-hybridized carbons (Fsp3) is 0.533. The van der Waals surface area contributed by atoms with Gasteiger partial charge in [0.05, 0.1) is 74.1 Å². The monoisotopic (exact) mass is 840 g/mol. The molecule has 3 atom stereocenters. The van der Waals surface area contributed by atoms with Gasteiger partial charge in [0.15, 0.2) is 34.1 Å². The first-order chi connectivity index (χ1) is 24.8. The molecule has 3 saturated heterocycles. The molecule has 24 heteroatoms. The van der Waals surface area contributed by atoms with Crippen LogP contribution >= 0.6 is 46.4 Å². The number of hydrogen-bond acceptors (Lipinski definition) is 16. The van der Waals surface area contributed by atoms with Gasteiger partial charge in [-0.2, -0.15) is 9.97 Å². The van der Waals surface area contributed by atoms with Crippen LogP contribution in [0.3, 0.4) is 0 Å². The Morgan fingerprint density at radius 3 is 1.96 bits per heavy atom. The van der Waals surface area contributed by atoms with Gasteiger partial charge in [0.25, 0.3) is 0 Å². The molecule has 6 N–H and O–H groups in total. The van der Waals surface area contributed by atoms with E-state index in [9.17, 15) is 9.59 Å². The number of nitrogens with zero attached hydrogens (tertiary/aromatic N) is 8. The molecule has 8 rings (SSSR count). The maximum Gasteiger partial charge on any atom is 1.00 e. The number of ether oxygens (including phenoxy) is 3. The molecular formula is C30H42AlCl4LiN12O6. The number of rotatable bonds is 1. The summed E-state index contributed by atoms with van der Waals surface area (Å²) in [5.41, 5.74) is 9.65. The van der Waals surface area contributed by atoms with Gasteiger partial charge in [0, 0.05) is 26.2 Å². The van der Waals surface area contributed by atoms with Gasteiger partial charge in [0.2, 0.25) is 21.8 Å². The van der Waals surface area contributed by atoms with Gasteiger partial charge in [0.1, 0.15) is 17.8 Å². The van der Waals surface area contributed by atoms with Crippen LogP contribution in [0.25, 0.3) is 0 Å². The third-order valence-electron chi connectivity index (χ3n) is 8.33.